The zero-order valence-electron chi connectivity index (χ0n) is 6.31. The highest BCUT2D eigenvalue weighted by Crippen LogP contribution is 2.22. The number of primary amides is 1. The number of nitrogens with two attached hydrogens (primary N) is 1. The van der Waals surface area contributed by atoms with E-state index < -0.39 is 23.8 Å². The summed E-state index contributed by atoms with van der Waals surface area (Å²) in [4.78, 5) is 20.7. The van der Waals surface area contributed by atoms with Crippen LogP contribution in [0, 0.1) is 5.92 Å². The standard InChI is InChI=1S/C6H8F3NO2/c1-2-3(5(10)12)4(11)6(7,8)9/h3H,2H2,1H3,(H2,10,12). The third-order valence-electron chi connectivity index (χ3n) is 1.35. The van der Waals surface area contributed by atoms with E-state index in [1.165, 1.54) is 6.92 Å². The van der Waals surface area contributed by atoms with Gasteiger partial charge in [0, 0.05) is 0 Å². The molecule has 0 aromatic rings. The number of carbonyl (C=O) groups excluding carboxylic acids is 2. The van der Waals surface area contributed by atoms with Gasteiger partial charge in [0.25, 0.3) is 0 Å². The number of alkyl halides is 3. The minimum absolute atomic E-state index is 0.228. The number of amides is 1. The Bertz CT molecular complexity index is 199. The van der Waals surface area contributed by atoms with Crippen molar-refractivity contribution in [3.05, 3.63) is 0 Å². The molecule has 70 valence electrons. The summed E-state index contributed by atoms with van der Waals surface area (Å²) in [5, 5.41) is 0. The molecule has 0 saturated carbocycles. The molecule has 0 spiro atoms. The third kappa shape index (κ3) is 2.52. The van der Waals surface area contributed by atoms with Crippen molar-refractivity contribution in [1.82, 2.24) is 0 Å². The van der Waals surface area contributed by atoms with Crippen LogP contribution in [0.1, 0.15) is 13.3 Å². The first-order valence-electron chi connectivity index (χ1n) is 3.21. The van der Waals surface area contributed by atoms with Crippen molar-refractivity contribution in [3.8, 4) is 0 Å². The highest BCUT2D eigenvalue weighted by molar-refractivity contribution is 6.03. The second-order valence-electron chi connectivity index (χ2n) is 2.23. The molecule has 6 heteroatoms. The van der Waals surface area contributed by atoms with Crippen LogP contribution in [0.4, 0.5) is 13.2 Å². The Kier molecular flexibility index (Phi) is 3.24. The number of ketones is 1. The van der Waals surface area contributed by atoms with Crippen LogP contribution in [0.15, 0.2) is 0 Å². The van der Waals surface area contributed by atoms with Crippen molar-refractivity contribution >= 4 is 11.7 Å². The largest absolute Gasteiger partial charge is 0.450 e. The van der Waals surface area contributed by atoms with Gasteiger partial charge in [-0.1, -0.05) is 6.92 Å². The Hall–Kier alpha value is -1.07. The summed E-state index contributed by atoms with van der Waals surface area (Å²) >= 11 is 0. The normalized spacial score (nSPS) is 14.0. The van der Waals surface area contributed by atoms with E-state index in [1.54, 1.807) is 0 Å². The van der Waals surface area contributed by atoms with E-state index in [2.05, 4.69) is 5.73 Å². The van der Waals surface area contributed by atoms with Gasteiger partial charge in [0.1, 0.15) is 5.92 Å². The number of hydrogen-bond acceptors (Lipinski definition) is 2. The van der Waals surface area contributed by atoms with E-state index in [-0.39, 0.29) is 6.42 Å². The first kappa shape index (κ1) is 10.9. The van der Waals surface area contributed by atoms with Crippen LogP contribution < -0.4 is 5.73 Å². The number of halogens is 3. The summed E-state index contributed by atoms with van der Waals surface area (Å²) < 4.78 is 35.1. The van der Waals surface area contributed by atoms with Crippen LogP contribution >= 0.6 is 0 Å². The Morgan fingerprint density at radius 2 is 1.83 bits per heavy atom. The van der Waals surface area contributed by atoms with Crippen molar-refractivity contribution in [2.24, 2.45) is 11.7 Å². The van der Waals surface area contributed by atoms with E-state index in [9.17, 15) is 22.8 Å². The molecule has 12 heavy (non-hydrogen) atoms. The van der Waals surface area contributed by atoms with Gasteiger partial charge in [-0.15, -0.1) is 0 Å². The monoisotopic (exact) mass is 183 g/mol. The maximum absolute atomic E-state index is 11.7. The third-order valence-corrected chi connectivity index (χ3v) is 1.35. The first-order chi connectivity index (χ1) is 5.30. The van der Waals surface area contributed by atoms with Gasteiger partial charge in [-0.3, -0.25) is 9.59 Å². The highest BCUT2D eigenvalue weighted by Gasteiger charge is 2.44. The van der Waals surface area contributed by atoms with Gasteiger partial charge < -0.3 is 5.73 Å². The Morgan fingerprint density at radius 3 is 1.92 bits per heavy atom. The topological polar surface area (TPSA) is 60.2 Å². The van der Waals surface area contributed by atoms with E-state index in [0.717, 1.165) is 0 Å². The molecule has 0 aromatic heterocycles. The molecule has 0 bridgehead atoms. The number of hydrogen-bond donors (Lipinski definition) is 1. The molecule has 1 unspecified atom stereocenters. The maximum Gasteiger partial charge on any atom is 0.450 e. The van der Waals surface area contributed by atoms with Gasteiger partial charge in [-0.2, -0.15) is 13.2 Å². The lowest BCUT2D eigenvalue weighted by molar-refractivity contribution is -0.176. The predicted octanol–water partition coefficient (Wildman–Crippen LogP) is 0.629. The van der Waals surface area contributed by atoms with Gasteiger partial charge in [0.15, 0.2) is 0 Å². The zero-order chi connectivity index (χ0) is 9.94. The highest BCUT2D eigenvalue weighted by atomic mass is 19.4. The van der Waals surface area contributed by atoms with Gasteiger partial charge in [0.2, 0.25) is 11.7 Å². The minimum atomic E-state index is -4.98. The summed E-state index contributed by atoms with van der Waals surface area (Å²) in [6.07, 6.45) is -5.20. The van der Waals surface area contributed by atoms with Crippen molar-refractivity contribution < 1.29 is 22.8 Å². The Morgan fingerprint density at radius 1 is 1.42 bits per heavy atom. The number of rotatable bonds is 3. The van der Waals surface area contributed by atoms with Gasteiger partial charge in [-0.25, -0.2) is 0 Å². The maximum atomic E-state index is 11.7. The fourth-order valence-electron chi connectivity index (χ4n) is 0.713. The molecule has 0 heterocycles. The SMILES string of the molecule is CCC(C(N)=O)C(=O)C(F)(F)F. The van der Waals surface area contributed by atoms with Crippen molar-refractivity contribution in [3.63, 3.8) is 0 Å². The lowest BCUT2D eigenvalue weighted by Crippen LogP contribution is -2.38. The summed E-state index contributed by atoms with van der Waals surface area (Å²) in [6, 6.07) is 0. The van der Waals surface area contributed by atoms with Crippen LogP contribution in [0.5, 0.6) is 0 Å². The summed E-state index contributed by atoms with van der Waals surface area (Å²) in [7, 11) is 0. The van der Waals surface area contributed by atoms with Crippen molar-refractivity contribution in [1.29, 1.82) is 0 Å². The molecule has 0 rings (SSSR count). The van der Waals surface area contributed by atoms with Gasteiger partial charge in [-0.05, 0) is 6.42 Å². The van der Waals surface area contributed by atoms with Crippen LogP contribution in [0.2, 0.25) is 0 Å². The van der Waals surface area contributed by atoms with Gasteiger partial charge >= 0.3 is 6.18 Å². The minimum Gasteiger partial charge on any atom is -0.369 e. The Labute approximate surface area is 66.7 Å². The Balaban J connectivity index is 4.55. The lowest BCUT2D eigenvalue weighted by Gasteiger charge is -2.11. The molecule has 0 saturated heterocycles. The van der Waals surface area contributed by atoms with E-state index in [4.69, 9.17) is 0 Å². The molecule has 1 atom stereocenters. The molecule has 0 aliphatic rings. The van der Waals surface area contributed by atoms with Crippen molar-refractivity contribution in [2.45, 2.75) is 19.5 Å². The van der Waals surface area contributed by atoms with Gasteiger partial charge in [0.05, 0.1) is 0 Å². The van der Waals surface area contributed by atoms with E-state index >= 15 is 0 Å². The molecule has 1 amide bonds. The lowest BCUT2D eigenvalue weighted by atomic mass is 10.0. The molecular weight excluding hydrogens is 175 g/mol. The summed E-state index contributed by atoms with van der Waals surface area (Å²) in [6.45, 7) is 1.29. The molecule has 0 fully saturated rings. The van der Waals surface area contributed by atoms with Crippen molar-refractivity contribution in [2.75, 3.05) is 0 Å². The summed E-state index contributed by atoms with van der Waals surface area (Å²) in [5.41, 5.74) is 4.59. The molecule has 0 aromatic carbocycles. The molecule has 0 radical (unpaired) electrons. The average Bonchev–Trinajstić information content (AvgIpc) is 1.86. The smallest absolute Gasteiger partial charge is 0.369 e. The molecule has 3 nitrogen and oxygen atoms in total. The summed E-state index contributed by atoms with van der Waals surface area (Å²) in [5.74, 6) is -5.05. The van der Waals surface area contributed by atoms with Crippen LogP contribution in [0.3, 0.4) is 0 Å². The van der Waals surface area contributed by atoms with Crippen LogP contribution in [-0.4, -0.2) is 17.9 Å². The van der Waals surface area contributed by atoms with Crippen LogP contribution in [-0.2, 0) is 9.59 Å². The molecule has 2 N–H and O–H groups in total. The fourth-order valence-corrected chi connectivity index (χ4v) is 0.713. The second kappa shape index (κ2) is 3.55. The van der Waals surface area contributed by atoms with E-state index in [0.29, 0.717) is 0 Å². The molecule has 0 aliphatic heterocycles. The average molecular weight is 183 g/mol. The number of Topliss-reactive ketones (excluding diaryl/α,β-unsaturated/α-hetero) is 1. The quantitative estimate of drug-likeness (QED) is 0.652. The molecular formula is C6H8F3NO2. The van der Waals surface area contributed by atoms with Crippen LogP contribution in [0.25, 0.3) is 0 Å². The predicted molar refractivity (Wildman–Crippen MR) is 34.0 cm³/mol. The molecule has 0 aliphatic carbocycles. The fraction of sp³-hybridized carbons (Fsp3) is 0.667. The van der Waals surface area contributed by atoms with E-state index in [1.807, 2.05) is 0 Å². The zero-order valence-corrected chi connectivity index (χ0v) is 6.31. The number of carbonyl (C=O) groups is 2. The first-order valence-corrected chi connectivity index (χ1v) is 3.21. The second-order valence-corrected chi connectivity index (χ2v) is 2.23.